The second-order valence-corrected chi connectivity index (χ2v) is 3.36. The topological polar surface area (TPSA) is 86.6 Å². The van der Waals surface area contributed by atoms with Gasteiger partial charge in [-0.05, 0) is 40.3 Å². The molecule has 1 aliphatic rings. The van der Waals surface area contributed by atoms with E-state index >= 15 is 0 Å². The van der Waals surface area contributed by atoms with E-state index < -0.39 is 6.10 Å². The van der Waals surface area contributed by atoms with Crippen LogP contribution in [0.2, 0.25) is 0 Å². The van der Waals surface area contributed by atoms with E-state index in [1.54, 1.807) is 0 Å². The van der Waals surface area contributed by atoms with Crippen LogP contribution in [-0.4, -0.2) is 36.1 Å². The van der Waals surface area contributed by atoms with Gasteiger partial charge in [-0.3, -0.25) is 0 Å². The van der Waals surface area contributed by atoms with Crippen molar-refractivity contribution in [2.24, 2.45) is 5.92 Å². The molecule has 2 N–H and O–H groups in total. The molecule has 1 aliphatic heterocycles. The van der Waals surface area contributed by atoms with Gasteiger partial charge in [0.1, 0.15) is 0 Å². The Kier molecular flexibility index (Phi) is 6.77. The summed E-state index contributed by atoms with van der Waals surface area (Å²) in [5.41, 5.74) is 0. The zero-order chi connectivity index (χ0) is 10.9. The van der Waals surface area contributed by atoms with E-state index in [0.717, 1.165) is 0 Å². The smallest absolute Gasteiger partial charge is 0.0857 e. The molecule has 1 atom stereocenters. The van der Waals surface area contributed by atoms with Crippen LogP contribution in [0.3, 0.4) is 0 Å². The van der Waals surface area contributed by atoms with Crippen LogP contribution in [0.1, 0.15) is 19.3 Å². The molecule has 0 saturated carbocycles. The molecule has 1 fully saturated rings. The highest BCUT2D eigenvalue weighted by atomic mass is 17.8. The lowest BCUT2D eigenvalue weighted by atomic mass is 9.95. The summed E-state index contributed by atoms with van der Waals surface area (Å²) in [4.78, 5) is 9.17. The third-order valence-corrected chi connectivity index (χ3v) is 2.19. The largest absolute Gasteiger partial charge is 0.394 e. The first-order chi connectivity index (χ1) is 7.33. The maximum Gasteiger partial charge on any atom is 0.0857 e. The molecule has 0 bridgehead atoms. The Hall–Kier alpha value is -0.280. The molecule has 0 aliphatic carbocycles. The van der Waals surface area contributed by atoms with Crippen molar-refractivity contribution in [2.75, 3.05) is 19.8 Å². The van der Waals surface area contributed by atoms with Gasteiger partial charge in [-0.1, -0.05) is 0 Å². The highest BCUT2D eigenvalue weighted by Crippen LogP contribution is 2.17. The molecule has 0 aromatic carbocycles. The normalized spacial score (nSPS) is 23.6. The number of rotatable bonds is 3. The zero-order valence-corrected chi connectivity index (χ0v) is 8.33. The Morgan fingerprint density at radius 2 is 1.67 bits per heavy atom. The standard InChI is InChI=1S/C8H16O7/c9-6-8(10)5-7-1-3-11-13-15-14-12-4-2-7/h7-10H,1-6H2. The molecule has 1 saturated heterocycles. The van der Waals surface area contributed by atoms with Crippen molar-refractivity contribution in [2.45, 2.75) is 25.4 Å². The summed E-state index contributed by atoms with van der Waals surface area (Å²) in [6.45, 7) is 0.409. The van der Waals surface area contributed by atoms with Crippen LogP contribution in [0.4, 0.5) is 0 Å². The fraction of sp³-hybridized carbons (Fsp3) is 1.00. The van der Waals surface area contributed by atoms with Gasteiger partial charge in [0, 0.05) is 0 Å². The average molecular weight is 224 g/mol. The van der Waals surface area contributed by atoms with Gasteiger partial charge in [0.25, 0.3) is 0 Å². The summed E-state index contributed by atoms with van der Waals surface area (Å²) in [5, 5.41) is 30.3. The quantitative estimate of drug-likeness (QED) is 0.646. The van der Waals surface area contributed by atoms with Crippen LogP contribution in [0.25, 0.3) is 0 Å². The minimum Gasteiger partial charge on any atom is -0.394 e. The summed E-state index contributed by atoms with van der Waals surface area (Å²) < 4.78 is 0. The van der Waals surface area contributed by atoms with E-state index in [-0.39, 0.29) is 12.5 Å². The van der Waals surface area contributed by atoms with Crippen LogP contribution >= 0.6 is 0 Å². The van der Waals surface area contributed by atoms with Gasteiger partial charge in [-0.15, -0.1) is 0 Å². The maximum atomic E-state index is 9.28. The molecular formula is C8H16O7. The Morgan fingerprint density at radius 3 is 2.20 bits per heavy atom. The second kappa shape index (κ2) is 7.94. The molecule has 1 rings (SSSR count). The lowest BCUT2D eigenvalue weighted by Crippen LogP contribution is -2.20. The first-order valence-corrected chi connectivity index (χ1v) is 4.86. The molecule has 0 aromatic heterocycles. The minimum absolute atomic E-state index is 0.178. The summed E-state index contributed by atoms with van der Waals surface area (Å²) in [5.74, 6) is 0.178. The minimum atomic E-state index is -0.712. The van der Waals surface area contributed by atoms with Crippen LogP contribution in [-0.2, 0) is 24.9 Å². The van der Waals surface area contributed by atoms with Gasteiger partial charge < -0.3 is 10.2 Å². The number of hydrogen-bond acceptors (Lipinski definition) is 7. The lowest BCUT2D eigenvalue weighted by molar-refractivity contribution is -0.709. The summed E-state index contributed by atoms with van der Waals surface area (Å²) in [6, 6.07) is 0. The lowest BCUT2D eigenvalue weighted by Gasteiger charge is -2.19. The third-order valence-electron chi connectivity index (χ3n) is 2.19. The molecule has 15 heavy (non-hydrogen) atoms. The van der Waals surface area contributed by atoms with E-state index in [9.17, 15) is 5.11 Å². The van der Waals surface area contributed by atoms with E-state index in [1.165, 1.54) is 0 Å². The third kappa shape index (κ3) is 6.00. The van der Waals surface area contributed by atoms with E-state index in [4.69, 9.17) is 5.11 Å². The predicted molar refractivity (Wildman–Crippen MR) is 45.6 cm³/mol. The van der Waals surface area contributed by atoms with Crippen molar-refractivity contribution in [3.8, 4) is 0 Å². The number of aliphatic hydroxyl groups excluding tert-OH is 2. The highest BCUT2D eigenvalue weighted by molar-refractivity contribution is 4.64. The number of hydrogen-bond donors (Lipinski definition) is 2. The first-order valence-electron chi connectivity index (χ1n) is 4.86. The molecule has 0 radical (unpaired) electrons. The fourth-order valence-electron chi connectivity index (χ4n) is 1.39. The van der Waals surface area contributed by atoms with Crippen LogP contribution in [0.5, 0.6) is 0 Å². The van der Waals surface area contributed by atoms with Gasteiger partial charge in [0.15, 0.2) is 0 Å². The average Bonchev–Trinajstić information content (AvgIpc) is 2.27. The Balaban J connectivity index is 2.25. The van der Waals surface area contributed by atoms with Gasteiger partial charge >= 0.3 is 0 Å². The first kappa shape index (κ1) is 12.8. The molecule has 7 heteroatoms. The van der Waals surface area contributed by atoms with Crippen LogP contribution in [0.15, 0.2) is 0 Å². The van der Waals surface area contributed by atoms with Gasteiger partial charge in [0.05, 0.1) is 25.9 Å². The SMILES string of the molecule is OCC(O)CC1CCOOOOOCC1. The molecule has 0 amide bonds. The fourth-order valence-corrected chi connectivity index (χ4v) is 1.39. The molecular weight excluding hydrogens is 208 g/mol. The van der Waals surface area contributed by atoms with Crippen molar-refractivity contribution in [1.82, 2.24) is 0 Å². The second-order valence-electron chi connectivity index (χ2n) is 3.36. The van der Waals surface area contributed by atoms with E-state index in [2.05, 4.69) is 24.9 Å². The van der Waals surface area contributed by atoms with Crippen molar-refractivity contribution in [1.29, 1.82) is 0 Å². The Morgan fingerprint density at radius 1 is 1.07 bits per heavy atom. The summed E-state index contributed by atoms with van der Waals surface area (Å²) in [7, 11) is 0. The molecule has 0 spiro atoms. The molecule has 1 heterocycles. The molecule has 7 nitrogen and oxygen atoms in total. The van der Waals surface area contributed by atoms with Crippen molar-refractivity contribution >= 4 is 0 Å². The molecule has 1 unspecified atom stereocenters. The van der Waals surface area contributed by atoms with Crippen LogP contribution < -0.4 is 0 Å². The Bertz CT molecular complexity index is 144. The molecule has 90 valence electrons. The summed E-state index contributed by atoms with van der Waals surface area (Å²) in [6.07, 6.45) is 1.15. The van der Waals surface area contributed by atoms with Crippen molar-refractivity contribution < 1.29 is 35.1 Å². The van der Waals surface area contributed by atoms with Crippen LogP contribution in [0, 0.1) is 5.92 Å². The van der Waals surface area contributed by atoms with E-state index in [1.807, 2.05) is 0 Å². The predicted octanol–water partition coefficient (Wildman–Crippen LogP) is -0.117. The monoisotopic (exact) mass is 224 g/mol. The van der Waals surface area contributed by atoms with Crippen molar-refractivity contribution in [3.63, 3.8) is 0 Å². The van der Waals surface area contributed by atoms with Gasteiger partial charge in [-0.25, -0.2) is 9.78 Å². The van der Waals surface area contributed by atoms with Crippen molar-refractivity contribution in [3.05, 3.63) is 0 Å². The summed E-state index contributed by atoms with van der Waals surface area (Å²) >= 11 is 0. The number of aliphatic hydroxyl groups is 2. The Labute approximate surface area is 87.2 Å². The molecule has 0 aromatic rings. The van der Waals surface area contributed by atoms with E-state index in [0.29, 0.717) is 32.5 Å². The zero-order valence-electron chi connectivity index (χ0n) is 8.33. The van der Waals surface area contributed by atoms with Gasteiger partial charge in [-0.2, -0.15) is 0 Å². The highest BCUT2D eigenvalue weighted by Gasteiger charge is 2.15. The maximum absolute atomic E-state index is 9.28. The van der Waals surface area contributed by atoms with Gasteiger partial charge in [0.2, 0.25) is 0 Å².